The van der Waals surface area contributed by atoms with Crippen LogP contribution in [0.2, 0.25) is 0 Å². The Morgan fingerprint density at radius 1 is 1.33 bits per heavy atom. The highest BCUT2D eigenvalue weighted by atomic mass is 19.3. The summed E-state index contributed by atoms with van der Waals surface area (Å²) in [5.41, 5.74) is 2.77. The van der Waals surface area contributed by atoms with Crippen molar-refractivity contribution >= 4 is 23.9 Å². The van der Waals surface area contributed by atoms with Gasteiger partial charge in [-0.15, -0.1) is 0 Å². The molecule has 3 heterocycles. The van der Waals surface area contributed by atoms with E-state index in [9.17, 15) is 13.6 Å². The summed E-state index contributed by atoms with van der Waals surface area (Å²) >= 11 is 0. The summed E-state index contributed by atoms with van der Waals surface area (Å²) in [6.07, 6.45) is 2.40. The molecule has 10 heteroatoms. The average molecular weight is 502 g/mol. The molecule has 1 aliphatic rings. The van der Waals surface area contributed by atoms with Gasteiger partial charge in [0.1, 0.15) is 6.61 Å². The van der Waals surface area contributed by atoms with Gasteiger partial charge in [0.2, 0.25) is 0 Å². The van der Waals surface area contributed by atoms with Crippen LogP contribution in [0.1, 0.15) is 68.9 Å². The van der Waals surface area contributed by atoms with E-state index in [1.807, 2.05) is 52.4 Å². The fraction of sp³-hybridized carbons (Fsp3) is 0.462. The van der Waals surface area contributed by atoms with Gasteiger partial charge in [-0.05, 0) is 78.5 Å². The molecule has 0 aliphatic carbocycles. The Balaban J connectivity index is 2.07. The van der Waals surface area contributed by atoms with Crippen LogP contribution < -0.4 is 4.90 Å². The Hall–Kier alpha value is -3.56. The van der Waals surface area contributed by atoms with Crippen LogP contribution in [0.15, 0.2) is 41.2 Å². The maximum atomic E-state index is 13.6. The Morgan fingerprint density at radius 2 is 2.00 bits per heavy atom. The lowest BCUT2D eigenvalue weighted by Crippen LogP contribution is -2.39. The van der Waals surface area contributed by atoms with E-state index in [1.54, 1.807) is 24.1 Å². The topological polar surface area (TPSA) is 81.8 Å². The largest absolute Gasteiger partial charge is 0.482 e. The Labute approximate surface area is 210 Å². The second-order valence-electron chi connectivity index (χ2n) is 10.1. The van der Waals surface area contributed by atoms with Crippen LogP contribution in [0, 0.1) is 6.92 Å². The Kier molecular flexibility index (Phi) is 7.38. The average Bonchev–Trinajstić information content (AvgIpc) is 3.33. The zero-order valence-corrected chi connectivity index (χ0v) is 22.0. The molecule has 0 radical (unpaired) electrons. The van der Waals surface area contributed by atoms with Gasteiger partial charge in [0.25, 0.3) is 18.2 Å². The van der Waals surface area contributed by atoms with E-state index in [0.29, 0.717) is 28.2 Å². The molecule has 2 aromatic heterocycles. The lowest BCUT2D eigenvalue weighted by atomic mass is 9.96. The molecule has 1 amide bonds. The van der Waals surface area contributed by atoms with Crippen LogP contribution >= 0.6 is 0 Å². The van der Waals surface area contributed by atoms with Gasteiger partial charge in [0.15, 0.2) is 5.76 Å². The second-order valence-corrected chi connectivity index (χ2v) is 10.1. The number of alkyl halides is 2. The van der Waals surface area contributed by atoms with Gasteiger partial charge >= 0.3 is 0 Å². The van der Waals surface area contributed by atoms with Crippen molar-refractivity contribution in [3.63, 3.8) is 0 Å². The van der Waals surface area contributed by atoms with Gasteiger partial charge in [-0.2, -0.15) is 5.10 Å². The van der Waals surface area contributed by atoms with E-state index >= 15 is 0 Å². The first-order valence-electron chi connectivity index (χ1n) is 11.5. The van der Waals surface area contributed by atoms with Gasteiger partial charge in [-0.25, -0.2) is 18.8 Å². The molecule has 0 fully saturated rings. The molecule has 2 aromatic rings. The number of allylic oxidation sites excluding steroid dienone is 2. The summed E-state index contributed by atoms with van der Waals surface area (Å²) in [5, 5.41) is 4.45. The number of pyridine rings is 1. The number of hydrogen-bond donors (Lipinski definition) is 0. The molecule has 0 saturated heterocycles. The maximum absolute atomic E-state index is 13.6. The minimum atomic E-state index is -2.67. The molecule has 36 heavy (non-hydrogen) atoms. The summed E-state index contributed by atoms with van der Waals surface area (Å²) in [7, 11) is 1.35. The quantitative estimate of drug-likeness (QED) is 0.273. The first-order chi connectivity index (χ1) is 16.7. The molecule has 194 valence electrons. The number of nitrogens with zero attached hydrogens (tertiary/aromatic N) is 5. The van der Waals surface area contributed by atoms with Crippen molar-refractivity contribution in [3.05, 3.63) is 58.7 Å². The summed E-state index contributed by atoms with van der Waals surface area (Å²) in [6.45, 7) is 16.2. The molecular weight excluding hydrogens is 468 g/mol. The number of aliphatic imine (C=N–C) groups is 1. The number of carbonyl (C=O) groups excluding carboxylic acids is 1. The summed E-state index contributed by atoms with van der Waals surface area (Å²) in [5.74, 6) is -0.165. The number of hydrogen-bond acceptors (Lipinski definition) is 6. The minimum absolute atomic E-state index is 0.0109. The fourth-order valence-corrected chi connectivity index (χ4v) is 4.13. The number of rotatable bonds is 8. The predicted octanol–water partition coefficient (Wildman–Crippen LogP) is 5.44. The first kappa shape index (κ1) is 27.0. The van der Waals surface area contributed by atoms with E-state index in [0.717, 1.165) is 5.56 Å². The van der Waals surface area contributed by atoms with Crippen molar-refractivity contribution in [2.24, 2.45) is 4.99 Å². The first-order valence-corrected chi connectivity index (χ1v) is 11.5. The molecule has 0 atom stereocenters. The number of aromatic nitrogens is 3. The number of amides is 1. The number of fused-ring (bicyclic) bond motifs is 1. The van der Waals surface area contributed by atoms with Crippen LogP contribution in [0.3, 0.4) is 0 Å². The van der Waals surface area contributed by atoms with Gasteiger partial charge in [-0.1, -0.05) is 0 Å². The van der Waals surface area contributed by atoms with Crippen molar-refractivity contribution in [2.45, 2.75) is 66.0 Å². The van der Waals surface area contributed by atoms with E-state index in [-0.39, 0.29) is 23.1 Å². The van der Waals surface area contributed by atoms with Gasteiger partial charge in [0, 0.05) is 6.20 Å². The highest BCUT2D eigenvalue weighted by Gasteiger charge is 2.47. The second kappa shape index (κ2) is 9.83. The van der Waals surface area contributed by atoms with Crippen LogP contribution in [0.4, 0.5) is 14.5 Å². The zero-order chi connectivity index (χ0) is 27.0. The highest BCUT2D eigenvalue weighted by molar-refractivity contribution is 6.12. The third kappa shape index (κ3) is 5.03. The number of anilines is 1. The Bertz CT molecular complexity index is 1240. The number of carbonyl (C=O) groups is 1. The van der Waals surface area contributed by atoms with Crippen molar-refractivity contribution in [2.75, 3.05) is 18.6 Å². The number of aryl methyl sites for hydroxylation is 1. The SMILES string of the molecule is C=N/C(OC)=C(\C=C(/C)c1cc(C)c2c(n1)C(C)(C)N(c1cnn(C(C)(C)C)c1)C2=O)OCC(F)F. The van der Waals surface area contributed by atoms with Gasteiger partial charge < -0.3 is 9.47 Å². The zero-order valence-electron chi connectivity index (χ0n) is 22.0. The monoisotopic (exact) mass is 501 g/mol. The molecule has 0 saturated carbocycles. The van der Waals surface area contributed by atoms with Gasteiger partial charge in [-0.3, -0.25) is 14.4 Å². The lowest BCUT2D eigenvalue weighted by molar-refractivity contribution is 0.0474. The van der Waals surface area contributed by atoms with E-state index in [2.05, 4.69) is 16.8 Å². The third-order valence-electron chi connectivity index (χ3n) is 5.95. The maximum Gasteiger partial charge on any atom is 0.272 e. The number of ether oxygens (including phenoxy) is 2. The third-order valence-corrected chi connectivity index (χ3v) is 5.95. The van der Waals surface area contributed by atoms with Crippen LogP contribution in [-0.4, -0.2) is 47.5 Å². The standard InChI is InChI=1S/C26H33F2N5O3/c1-15(11-19(23(29-8)35-9)36-14-20(27)28)18-10-16(2)21-22(31-18)26(6,7)33(24(21)34)17-12-30-32(13-17)25(3,4)5/h10-13,20H,8,14H2,1-7,9H3/b15-11+,23-19-. The number of methoxy groups -OCH3 is 1. The molecule has 0 bridgehead atoms. The molecule has 1 aliphatic heterocycles. The normalized spacial score (nSPS) is 16.2. The van der Waals surface area contributed by atoms with Crippen LogP contribution in [0.25, 0.3) is 5.57 Å². The predicted molar refractivity (Wildman–Crippen MR) is 135 cm³/mol. The highest BCUT2D eigenvalue weighted by Crippen LogP contribution is 2.43. The van der Waals surface area contributed by atoms with Crippen molar-refractivity contribution in [1.82, 2.24) is 14.8 Å². The van der Waals surface area contributed by atoms with Crippen molar-refractivity contribution in [3.8, 4) is 0 Å². The number of halogens is 2. The molecule has 0 spiro atoms. The van der Waals surface area contributed by atoms with E-state index < -0.39 is 18.6 Å². The fourth-order valence-electron chi connectivity index (χ4n) is 4.13. The summed E-state index contributed by atoms with van der Waals surface area (Å²) < 4.78 is 37.7. The van der Waals surface area contributed by atoms with E-state index in [1.165, 1.54) is 13.2 Å². The van der Waals surface area contributed by atoms with Crippen LogP contribution in [-0.2, 0) is 20.6 Å². The molecule has 0 unspecified atom stereocenters. The molecule has 3 rings (SSSR count). The molecular formula is C26H33F2N5O3. The van der Waals surface area contributed by atoms with Crippen molar-refractivity contribution < 1.29 is 23.0 Å². The lowest BCUT2D eigenvalue weighted by Gasteiger charge is -2.30. The van der Waals surface area contributed by atoms with Crippen LogP contribution in [0.5, 0.6) is 0 Å². The summed E-state index contributed by atoms with van der Waals surface area (Å²) in [6, 6.07) is 1.79. The summed E-state index contributed by atoms with van der Waals surface area (Å²) in [4.78, 5) is 23.8. The Morgan fingerprint density at radius 3 is 2.53 bits per heavy atom. The molecule has 0 N–H and O–H groups in total. The molecule has 0 aromatic carbocycles. The van der Waals surface area contributed by atoms with Crippen molar-refractivity contribution in [1.29, 1.82) is 0 Å². The van der Waals surface area contributed by atoms with Gasteiger partial charge in [0.05, 0.1) is 47.0 Å². The van der Waals surface area contributed by atoms with E-state index in [4.69, 9.17) is 14.5 Å². The molecule has 8 nitrogen and oxygen atoms in total. The smallest absolute Gasteiger partial charge is 0.272 e. The minimum Gasteiger partial charge on any atom is -0.482 e.